The molecule has 0 unspecified atom stereocenters. The fraction of sp³-hybridized carbons (Fsp3) is 0.483. The number of carbonyl (C=O) groups excluding carboxylic acids is 1. The molecule has 1 amide bonds. The first-order valence-electron chi connectivity index (χ1n) is 12.9. The molecule has 0 spiro atoms. The lowest BCUT2D eigenvalue weighted by atomic mass is 9.79. The van der Waals surface area contributed by atoms with Gasteiger partial charge in [0, 0.05) is 11.5 Å². The van der Waals surface area contributed by atoms with Crippen molar-refractivity contribution in [3.8, 4) is 11.4 Å². The Morgan fingerprint density at radius 1 is 1.00 bits per heavy atom. The summed E-state index contributed by atoms with van der Waals surface area (Å²) >= 11 is 0. The quantitative estimate of drug-likeness (QED) is 0.390. The van der Waals surface area contributed by atoms with E-state index in [0.717, 1.165) is 42.7 Å². The summed E-state index contributed by atoms with van der Waals surface area (Å²) in [6.07, 6.45) is 10.4. The van der Waals surface area contributed by atoms with Crippen molar-refractivity contribution >= 4 is 16.8 Å². The van der Waals surface area contributed by atoms with Gasteiger partial charge in [0.15, 0.2) is 5.82 Å². The molecule has 1 N–H and O–H groups in total. The highest BCUT2D eigenvalue weighted by Crippen LogP contribution is 2.32. The molecule has 1 saturated carbocycles. The van der Waals surface area contributed by atoms with Crippen LogP contribution in [0.1, 0.15) is 75.8 Å². The maximum Gasteiger partial charge on any atom is 0.280 e. The summed E-state index contributed by atoms with van der Waals surface area (Å²) in [5.41, 5.74) is 6.46. The number of benzene rings is 2. The van der Waals surface area contributed by atoms with Gasteiger partial charge in [-0.05, 0) is 74.8 Å². The highest BCUT2D eigenvalue weighted by atomic mass is 16.2. The molecule has 0 aliphatic heterocycles. The number of carbonyl (C=O) groups is 1. The second-order valence-electron chi connectivity index (χ2n) is 9.94. The molecule has 1 aromatic heterocycles. The zero-order chi connectivity index (χ0) is 24.1. The minimum absolute atomic E-state index is 0.0575. The summed E-state index contributed by atoms with van der Waals surface area (Å²) in [4.78, 5) is 31.5. The lowest BCUT2D eigenvalue weighted by Crippen LogP contribution is -2.39. The van der Waals surface area contributed by atoms with Crippen molar-refractivity contribution in [3.63, 3.8) is 0 Å². The van der Waals surface area contributed by atoms with E-state index in [4.69, 9.17) is 4.98 Å². The lowest BCUT2D eigenvalue weighted by molar-refractivity contribution is -0.122. The summed E-state index contributed by atoms with van der Waals surface area (Å²) in [6, 6.07) is 13.3. The molecule has 34 heavy (non-hydrogen) atoms. The van der Waals surface area contributed by atoms with Gasteiger partial charge in [-0.3, -0.25) is 15.0 Å². The van der Waals surface area contributed by atoms with Gasteiger partial charge in [0.1, 0.15) is 0 Å². The molecule has 1 fully saturated rings. The normalized spacial score (nSPS) is 18.2. The third-order valence-electron chi connectivity index (χ3n) is 7.45. The zero-order valence-electron chi connectivity index (χ0n) is 20.8. The predicted molar refractivity (Wildman–Crippen MR) is 139 cm³/mol. The predicted octanol–water partition coefficient (Wildman–Crippen LogP) is 6.53. The standard InChI is InChI=1S/C29H37N3O2/c1-4-5-6-7-10-22-14-17-23(18-15-22)28(33)31-32-27(24-16-13-20(2)21(3)19-24)30-26-12-9-8-11-25(26)29(32)34/h8-9,11-13,16,19,22-23H,4-7,10,14-15,17-18H2,1-3H3,(H,31,33). The number of aryl methyl sites for hydroxylation is 2. The smallest absolute Gasteiger partial charge is 0.273 e. The maximum absolute atomic E-state index is 13.4. The third-order valence-corrected chi connectivity index (χ3v) is 7.45. The van der Waals surface area contributed by atoms with E-state index in [1.165, 1.54) is 42.3 Å². The molecule has 0 atom stereocenters. The molecular formula is C29H37N3O2. The number of amides is 1. The fourth-order valence-corrected chi connectivity index (χ4v) is 5.09. The van der Waals surface area contributed by atoms with Crippen LogP contribution in [0.2, 0.25) is 0 Å². The summed E-state index contributed by atoms with van der Waals surface area (Å²) < 4.78 is 1.37. The number of hydrogen-bond donors (Lipinski definition) is 1. The van der Waals surface area contributed by atoms with Crippen LogP contribution in [0.25, 0.3) is 22.3 Å². The molecule has 1 aliphatic rings. The average molecular weight is 460 g/mol. The van der Waals surface area contributed by atoms with Gasteiger partial charge in [0.2, 0.25) is 5.91 Å². The van der Waals surface area contributed by atoms with Crippen molar-refractivity contribution in [3.05, 3.63) is 63.9 Å². The third kappa shape index (κ3) is 5.40. The van der Waals surface area contributed by atoms with Gasteiger partial charge in [-0.25, -0.2) is 4.98 Å². The van der Waals surface area contributed by atoms with Crippen molar-refractivity contribution in [2.75, 3.05) is 5.43 Å². The van der Waals surface area contributed by atoms with Crippen molar-refractivity contribution in [1.82, 2.24) is 9.66 Å². The molecule has 2 aromatic carbocycles. The molecule has 1 aliphatic carbocycles. The SMILES string of the molecule is CCCCCCC1CCC(C(=O)Nn2c(-c3ccc(C)c(C)c3)nc3ccccc3c2=O)CC1. The van der Waals surface area contributed by atoms with Crippen molar-refractivity contribution in [1.29, 1.82) is 0 Å². The van der Waals surface area contributed by atoms with Crippen LogP contribution in [0.5, 0.6) is 0 Å². The van der Waals surface area contributed by atoms with E-state index in [2.05, 4.69) is 19.3 Å². The van der Waals surface area contributed by atoms with Crippen LogP contribution in [0.15, 0.2) is 47.3 Å². The number of para-hydroxylation sites is 1. The molecule has 4 rings (SSSR count). The first kappa shape index (κ1) is 24.2. The number of nitrogens with one attached hydrogen (secondary N) is 1. The Morgan fingerprint density at radius 3 is 2.50 bits per heavy atom. The summed E-state index contributed by atoms with van der Waals surface area (Å²) in [6.45, 7) is 6.34. The Morgan fingerprint density at radius 2 is 1.76 bits per heavy atom. The number of rotatable bonds is 8. The molecule has 180 valence electrons. The largest absolute Gasteiger partial charge is 0.280 e. The Hall–Kier alpha value is -2.95. The second-order valence-corrected chi connectivity index (χ2v) is 9.94. The van der Waals surface area contributed by atoms with Crippen molar-refractivity contribution in [2.24, 2.45) is 11.8 Å². The summed E-state index contributed by atoms with van der Waals surface area (Å²) in [7, 11) is 0. The topological polar surface area (TPSA) is 64.0 Å². The van der Waals surface area contributed by atoms with Crippen LogP contribution in [0.3, 0.4) is 0 Å². The number of aromatic nitrogens is 2. The van der Waals surface area contributed by atoms with Gasteiger partial charge in [-0.15, -0.1) is 0 Å². The molecular weight excluding hydrogens is 422 g/mol. The van der Waals surface area contributed by atoms with Gasteiger partial charge in [-0.1, -0.05) is 63.3 Å². The minimum Gasteiger partial charge on any atom is -0.273 e. The van der Waals surface area contributed by atoms with E-state index in [1.54, 1.807) is 6.07 Å². The highest BCUT2D eigenvalue weighted by Gasteiger charge is 2.27. The summed E-state index contributed by atoms with van der Waals surface area (Å²) in [5, 5.41) is 0.506. The van der Waals surface area contributed by atoms with E-state index in [9.17, 15) is 9.59 Å². The van der Waals surface area contributed by atoms with Gasteiger partial charge in [0.05, 0.1) is 10.9 Å². The second kappa shape index (κ2) is 11.0. The van der Waals surface area contributed by atoms with Gasteiger partial charge in [-0.2, -0.15) is 4.68 Å². The van der Waals surface area contributed by atoms with Crippen LogP contribution in [-0.4, -0.2) is 15.6 Å². The number of nitrogens with zero attached hydrogens (tertiary/aromatic N) is 2. The van der Waals surface area contributed by atoms with E-state index < -0.39 is 0 Å². The van der Waals surface area contributed by atoms with Gasteiger partial charge < -0.3 is 0 Å². The van der Waals surface area contributed by atoms with Crippen molar-refractivity contribution in [2.45, 2.75) is 78.6 Å². The van der Waals surface area contributed by atoms with Crippen LogP contribution < -0.4 is 11.0 Å². The molecule has 0 saturated heterocycles. The van der Waals surface area contributed by atoms with Crippen LogP contribution in [0.4, 0.5) is 0 Å². The summed E-state index contributed by atoms with van der Waals surface area (Å²) in [5.74, 6) is 1.08. The molecule has 1 heterocycles. The van der Waals surface area contributed by atoms with E-state index in [0.29, 0.717) is 16.7 Å². The molecule has 0 bridgehead atoms. The monoisotopic (exact) mass is 459 g/mol. The molecule has 0 radical (unpaired) electrons. The minimum atomic E-state index is -0.239. The Kier molecular flexibility index (Phi) is 7.81. The Labute approximate surface area is 202 Å². The van der Waals surface area contributed by atoms with Crippen LogP contribution in [0, 0.1) is 25.7 Å². The first-order chi connectivity index (χ1) is 16.5. The zero-order valence-corrected chi connectivity index (χ0v) is 20.8. The van der Waals surface area contributed by atoms with Crippen molar-refractivity contribution < 1.29 is 4.79 Å². The van der Waals surface area contributed by atoms with Gasteiger partial charge in [0.25, 0.3) is 5.56 Å². The Balaban J connectivity index is 1.55. The van der Waals surface area contributed by atoms with Crippen LogP contribution in [-0.2, 0) is 4.79 Å². The van der Waals surface area contributed by atoms with Crippen LogP contribution >= 0.6 is 0 Å². The first-order valence-corrected chi connectivity index (χ1v) is 12.9. The number of unbranched alkanes of at least 4 members (excludes halogenated alkanes) is 3. The highest BCUT2D eigenvalue weighted by molar-refractivity contribution is 5.88. The van der Waals surface area contributed by atoms with E-state index in [1.807, 2.05) is 43.3 Å². The van der Waals surface area contributed by atoms with E-state index >= 15 is 0 Å². The number of fused-ring (bicyclic) bond motifs is 1. The van der Waals surface area contributed by atoms with Gasteiger partial charge >= 0.3 is 0 Å². The molecule has 5 nitrogen and oxygen atoms in total. The molecule has 3 aromatic rings. The number of hydrogen-bond acceptors (Lipinski definition) is 3. The fourth-order valence-electron chi connectivity index (χ4n) is 5.09. The van der Waals surface area contributed by atoms with E-state index in [-0.39, 0.29) is 17.4 Å². The lowest BCUT2D eigenvalue weighted by Gasteiger charge is -2.28. The Bertz CT molecular complexity index is 1210. The average Bonchev–Trinajstić information content (AvgIpc) is 2.85. The molecule has 5 heteroatoms. The maximum atomic E-state index is 13.4.